The third-order valence-electron chi connectivity index (χ3n) is 8.59. The minimum atomic E-state index is -0.123. The number of hydrogen-bond donors (Lipinski definition) is 1. The minimum absolute atomic E-state index is 0.0166. The summed E-state index contributed by atoms with van der Waals surface area (Å²) in [5.74, 6) is 3.64. The first-order valence-electron chi connectivity index (χ1n) is 11.5. The Morgan fingerprint density at radius 3 is 2.55 bits per heavy atom. The van der Waals surface area contributed by atoms with E-state index in [-0.39, 0.29) is 16.9 Å². The first-order chi connectivity index (χ1) is 14.1. The van der Waals surface area contributed by atoms with Gasteiger partial charge >= 0.3 is 0 Å². The number of fused-ring (bicyclic) bond motifs is 1. The van der Waals surface area contributed by atoms with Gasteiger partial charge in [0.05, 0.1) is 10.9 Å². The standard InChI is InChI=1S/C24H29N3O2/c28-21(10-9-15-5-1-2-6-15)26-27-22(29)19-7-3-4-8-20(19)25-23(27)24-13-16-11-18(24)12-17(16)14-24/h3-4,7-8,15-18H,1-2,5-6,9-14H2,(H,26,28). The number of para-hydroxylation sites is 1. The number of amides is 1. The highest BCUT2D eigenvalue weighted by molar-refractivity contribution is 5.84. The van der Waals surface area contributed by atoms with Gasteiger partial charge in [0, 0.05) is 11.8 Å². The van der Waals surface area contributed by atoms with Crippen molar-refractivity contribution in [1.82, 2.24) is 9.66 Å². The van der Waals surface area contributed by atoms with E-state index in [0.29, 0.717) is 23.6 Å². The SMILES string of the molecule is O=C(CCC1CCCC1)Nn1c(C23CC4CC2CC4C3)nc2ccccc2c1=O. The van der Waals surface area contributed by atoms with Crippen LogP contribution in [0.5, 0.6) is 0 Å². The molecule has 5 aliphatic rings. The molecule has 5 saturated carbocycles. The summed E-state index contributed by atoms with van der Waals surface area (Å²) in [4.78, 5) is 31.2. The molecule has 29 heavy (non-hydrogen) atoms. The van der Waals surface area contributed by atoms with Crippen molar-refractivity contribution in [3.8, 4) is 0 Å². The van der Waals surface area contributed by atoms with Crippen LogP contribution in [0.4, 0.5) is 0 Å². The molecule has 1 aromatic carbocycles. The first kappa shape index (κ1) is 17.7. The zero-order valence-corrected chi connectivity index (χ0v) is 16.9. The minimum Gasteiger partial charge on any atom is -0.273 e. The number of carbonyl (C=O) groups excluding carboxylic acids is 1. The van der Waals surface area contributed by atoms with E-state index in [4.69, 9.17) is 4.98 Å². The molecule has 2 unspecified atom stereocenters. The summed E-state index contributed by atoms with van der Waals surface area (Å²) in [5.41, 5.74) is 3.61. The number of rotatable bonds is 5. The van der Waals surface area contributed by atoms with E-state index in [1.807, 2.05) is 24.3 Å². The topological polar surface area (TPSA) is 64.0 Å². The zero-order valence-electron chi connectivity index (χ0n) is 16.9. The Balaban J connectivity index is 1.37. The fourth-order valence-corrected chi connectivity index (χ4v) is 7.27. The highest BCUT2D eigenvalue weighted by Gasteiger charge is 2.65. The van der Waals surface area contributed by atoms with Crippen LogP contribution >= 0.6 is 0 Å². The van der Waals surface area contributed by atoms with E-state index in [0.717, 1.165) is 42.4 Å². The van der Waals surface area contributed by atoms with Crippen molar-refractivity contribution in [2.75, 3.05) is 5.43 Å². The van der Waals surface area contributed by atoms with Crippen LogP contribution in [0.3, 0.4) is 0 Å². The summed E-state index contributed by atoms with van der Waals surface area (Å²) in [5, 5.41) is 0.587. The molecule has 4 bridgehead atoms. The van der Waals surface area contributed by atoms with Crippen LogP contribution in [0.25, 0.3) is 10.9 Å². The third-order valence-corrected chi connectivity index (χ3v) is 8.59. The van der Waals surface area contributed by atoms with Gasteiger partial charge in [0.2, 0.25) is 5.91 Å². The largest absolute Gasteiger partial charge is 0.280 e. The van der Waals surface area contributed by atoms with Crippen molar-refractivity contribution in [3.05, 3.63) is 40.4 Å². The van der Waals surface area contributed by atoms with E-state index in [1.165, 1.54) is 38.5 Å². The van der Waals surface area contributed by atoms with Crippen LogP contribution in [0.1, 0.15) is 70.0 Å². The Hall–Kier alpha value is -2.17. The fourth-order valence-electron chi connectivity index (χ4n) is 7.27. The maximum atomic E-state index is 13.4. The molecule has 1 heterocycles. The second-order valence-electron chi connectivity index (χ2n) is 10.1. The molecular weight excluding hydrogens is 362 g/mol. The van der Waals surface area contributed by atoms with E-state index in [9.17, 15) is 9.59 Å². The van der Waals surface area contributed by atoms with Gasteiger partial charge in [-0.15, -0.1) is 0 Å². The van der Waals surface area contributed by atoms with Crippen LogP contribution < -0.4 is 11.0 Å². The Morgan fingerprint density at radius 2 is 1.86 bits per heavy atom. The Morgan fingerprint density at radius 1 is 1.14 bits per heavy atom. The number of nitrogens with zero attached hydrogens (tertiary/aromatic N) is 2. The van der Waals surface area contributed by atoms with E-state index in [1.54, 1.807) is 4.68 Å². The lowest BCUT2D eigenvalue weighted by Crippen LogP contribution is -2.42. The van der Waals surface area contributed by atoms with Gasteiger partial charge in [-0.2, -0.15) is 0 Å². The van der Waals surface area contributed by atoms with Gasteiger partial charge in [0.1, 0.15) is 5.82 Å². The van der Waals surface area contributed by atoms with E-state index < -0.39 is 0 Å². The van der Waals surface area contributed by atoms with Crippen molar-refractivity contribution in [1.29, 1.82) is 0 Å². The van der Waals surface area contributed by atoms with E-state index in [2.05, 4.69) is 5.43 Å². The molecular formula is C24H29N3O2. The van der Waals surface area contributed by atoms with Gasteiger partial charge in [-0.25, -0.2) is 9.66 Å². The van der Waals surface area contributed by atoms with Crippen molar-refractivity contribution in [2.24, 2.45) is 23.7 Å². The molecule has 1 aromatic heterocycles. The Labute approximate surface area is 170 Å². The van der Waals surface area contributed by atoms with Gasteiger partial charge in [-0.1, -0.05) is 37.8 Å². The van der Waals surface area contributed by atoms with Gasteiger partial charge in [-0.05, 0) is 67.9 Å². The molecule has 5 aliphatic carbocycles. The third kappa shape index (κ3) is 2.62. The molecule has 2 aromatic rings. The molecule has 0 radical (unpaired) electrons. The number of hydrogen-bond acceptors (Lipinski definition) is 3. The fraction of sp³-hybridized carbons (Fsp3) is 0.625. The van der Waals surface area contributed by atoms with Crippen molar-refractivity contribution in [3.63, 3.8) is 0 Å². The molecule has 5 nitrogen and oxygen atoms in total. The van der Waals surface area contributed by atoms with Gasteiger partial charge in [0.15, 0.2) is 0 Å². The second-order valence-corrected chi connectivity index (χ2v) is 10.1. The molecule has 1 N–H and O–H groups in total. The molecule has 0 aliphatic heterocycles. The zero-order chi connectivity index (χ0) is 19.6. The summed E-state index contributed by atoms with van der Waals surface area (Å²) in [7, 11) is 0. The summed E-state index contributed by atoms with van der Waals surface area (Å²) < 4.78 is 1.54. The van der Waals surface area contributed by atoms with Crippen molar-refractivity contribution < 1.29 is 4.79 Å². The monoisotopic (exact) mass is 391 g/mol. The normalized spacial score (nSPS) is 32.6. The molecule has 2 atom stereocenters. The predicted molar refractivity (Wildman–Crippen MR) is 112 cm³/mol. The summed E-state index contributed by atoms with van der Waals surface area (Å²) >= 11 is 0. The maximum Gasteiger partial charge on any atom is 0.280 e. The lowest BCUT2D eigenvalue weighted by Gasteiger charge is -2.31. The summed E-state index contributed by atoms with van der Waals surface area (Å²) in [6, 6.07) is 7.55. The van der Waals surface area contributed by atoms with Crippen molar-refractivity contribution in [2.45, 2.75) is 69.6 Å². The van der Waals surface area contributed by atoms with E-state index >= 15 is 0 Å². The molecule has 1 amide bonds. The highest BCUT2D eigenvalue weighted by atomic mass is 16.2. The predicted octanol–water partition coefficient (Wildman–Crippen LogP) is 4.12. The lowest BCUT2D eigenvalue weighted by molar-refractivity contribution is -0.117. The summed E-state index contributed by atoms with van der Waals surface area (Å²) in [6.45, 7) is 0. The van der Waals surface area contributed by atoms with Gasteiger partial charge in [-0.3, -0.25) is 15.0 Å². The average molecular weight is 392 g/mol. The Kier molecular flexibility index (Phi) is 3.91. The second kappa shape index (κ2) is 6.41. The molecule has 7 rings (SSSR count). The van der Waals surface area contributed by atoms with Crippen LogP contribution in [0, 0.1) is 23.7 Å². The van der Waals surface area contributed by atoms with Crippen LogP contribution in [-0.2, 0) is 10.2 Å². The first-order valence-corrected chi connectivity index (χ1v) is 11.5. The molecule has 5 heteroatoms. The Bertz CT molecular complexity index is 1020. The van der Waals surface area contributed by atoms with Crippen LogP contribution in [0.2, 0.25) is 0 Å². The smallest absolute Gasteiger partial charge is 0.273 e. The number of carbonyl (C=O) groups is 1. The van der Waals surface area contributed by atoms with Gasteiger partial charge in [0.25, 0.3) is 5.56 Å². The molecule has 5 fully saturated rings. The molecule has 152 valence electrons. The van der Waals surface area contributed by atoms with Crippen molar-refractivity contribution >= 4 is 16.8 Å². The molecule has 0 spiro atoms. The number of benzene rings is 1. The highest BCUT2D eigenvalue weighted by Crippen LogP contribution is 2.69. The molecule has 0 saturated heterocycles. The summed E-state index contributed by atoms with van der Waals surface area (Å²) in [6.07, 6.45) is 11.3. The quantitative estimate of drug-likeness (QED) is 0.834. The number of nitrogens with one attached hydrogen (secondary N) is 1. The van der Waals surface area contributed by atoms with Crippen LogP contribution in [0.15, 0.2) is 29.1 Å². The average Bonchev–Trinajstić information content (AvgIpc) is 3.52. The lowest BCUT2D eigenvalue weighted by atomic mass is 9.79. The number of aromatic nitrogens is 2. The maximum absolute atomic E-state index is 13.4. The van der Waals surface area contributed by atoms with Crippen LogP contribution in [-0.4, -0.2) is 15.6 Å². The van der Waals surface area contributed by atoms with Gasteiger partial charge < -0.3 is 0 Å².